The van der Waals surface area contributed by atoms with E-state index in [4.69, 9.17) is 10.00 Å². The van der Waals surface area contributed by atoms with Crippen LogP contribution in [0.25, 0.3) is 22.3 Å². The molecule has 1 fully saturated rings. The number of aromatic nitrogens is 6. The number of aromatic amines is 1. The van der Waals surface area contributed by atoms with Crippen LogP contribution in [0.3, 0.4) is 0 Å². The van der Waals surface area contributed by atoms with Gasteiger partial charge in [0.05, 0.1) is 16.9 Å². The molecule has 11 heteroatoms. The number of halogens is 2. The van der Waals surface area contributed by atoms with Gasteiger partial charge in [0.25, 0.3) is 0 Å². The van der Waals surface area contributed by atoms with Gasteiger partial charge in [0.2, 0.25) is 0 Å². The molecule has 3 aromatic heterocycles. The van der Waals surface area contributed by atoms with Crippen LogP contribution < -0.4 is 4.74 Å². The molecule has 4 aromatic rings. The lowest BCUT2D eigenvalue weighted by molar-refractivity contribution is 0.0737. The minimum Gasteiger partial charge on any atom is -0.482 e. The van der Waals surface area contributed by atoms with Crippen molar-refractivity contribution in [3.8, 4) is 23.2 Å². The fraction of sp³-hybridized carbons (Fsp3) is 0.400. The fourth-order valence-electron chi connectivity index (χ4n) is 4.01. The van der Waals surface area contributed by atoms with Crippen LogP contribution in [-0.4, -0.2) is 47.4 Å². The maximum atomic E-state index is 13.4. The van der Waals surface area contributed by atoms with Gasteiger partial charge in [0, 0.05) is 24.3 Å². The smallest absolute Gasteiger partial charge is 0.320 e. The van der Waals surface area contributed by atoms with Crippen molar-refractivity contribution < 1.29 is 13.5 Å². The van der Waals surface area contributed by atoms with E-state index in [1.54, 1.807) is 31.3 Å². The predicted molar refractivity (Wildman–Crippen MR) is 132 cm³/mol. The van der Waals surface area contributed by atoms with Gasteiger partial charge in [-0.2, -0.15) is 29.5 Å². The van der Waals surface area contributed by atoms with E-state index in [-0.39, 0.29) is 18.7 Å². The summed E-state index contributed by atoms with van der Waals surface area (Å²) in [5.74, 6) is 0.279. The lowest BCUT2D eigenvalue weighted by atomic mass is 10.1. The fourth-order valence-corrected chi connectivity index (χ4v) is 4.01. The number of imidazole rings is 1. The first kappa shape index (κ1) is 26.5. The number of nitrogens with one attached hydrogen (secondary N) is 1. The first-order chi connectivity index (χ1) is 16.9. The Balaban J connectivity index is 0.000000344. The Kier molecular flexibility index (Phi) is 8.53. The summed E-state index contributed by atoms with van der Waals surface area (Å²) in [4.78, 5) is 10.2. The van der Waals surface area contributed by atoms with Crippen LogP contribution in [0.15, 0.2) is 42.9 Å². The third kappa shape index (κ3) is 5.59. The predicted octanol–water partition coefficient (Wildman–Crippen LogP) is 5.65. The Morgan fingerprint density at radius 1 is 1.22 bits per heavy atom. The SMILES string of the molecule is C.C[C@@H]1CCCN1C#N.Cc1n[nH]nc1-c1cc(O[C@H](C)c2ccccn2)c2c(c1)ncn2C(F)F. The molecule has 0 unspecified atom stereocenters. The van der Waals surface area contributed by atoms with E-state index in [0.717, 1.165) is 17.4 Å². The highest BCUT2D eigenvalue weighted by atomic mass is 19.3. The Hall–Kier alpha value is -4.07. The van der Waals surface area contributed by atoms with Gasteiger partial charge >= 0.3 is 6.55 Å². The van der Waals surface area contributed by atoms with E-state index in [2.05, 4.69) is 38.5 Å². The maximum absolute atomic E-state index is 13.4. The number of alkyl halides is 2. The highest BCUT2D eigenvalue weighted by Gasteiger charge is 2.21. The second-order valence-corrected chi connectivity index (χ2v) is 8.33. The Morgan fingerprint density at radius 3 is 2.58 bits per heavy atom. The van der Waals surface area contributed by atoms with E-state index in [9.17, 15) is 8.78 Å². The van der Waals surface area contributed by atoms with Crippen molar-refractivity contribution in [1.29, 1.82) is 5.26 Å². The van der Waals surface area contributed by atoms with Crippen molar-refractivity contribution in [2.45, 2.75) is 59.7 Å². The quantitative estimate of drug-likeness (QED) is 0.356. The van der Waals surface area contributed by atoms with Crippen LogP contribution in [0.2, 0.25) is 0 Å². The molecule has 9 nitrogen and oxygen atoms in total. The van der Waals surface area contributed by atoms with Gasteiger partial charge in [0.1, 0.15) is 29.4 Å². The molecule has 2 atom stereocenters. The van der Waals surface area contributed by atoms with Gasteiger partial charge < -0.3 is 9.64 Å². The van der Waals surface area contributed by atoms with Crippen LogP contribution in [0.1, 0.15) is 58.2 Å². The van der Waals surface area contributed by atoms with E-state index in [1.807, 2.05) is 24.0 Å². The number of likely N-dealkylation sites (tertiary alicyclic amines) is 1. The topological polar surface area (TPSA) is 109 Å². The second-order valence-electron chi connectivity index (χ2n) is 8.33. The van der Waals surface area contributed by atoms with Crippen molar-refractivity contribution in [1.82, 2.24) is 34.8 Å². The number of pyridine rings is 1. The van der Waals surface area contributed by atoms with Gasteiger partial charge in [-0.25, -0.2) is 4.98 Å². The normalized spacial score (nSPS) is 15.7. The first-order valence-corrected chi connectivity index (χ1v) is 11.3. The van der Waals surface area contributed by atoms with E-state index < -0.39 is 12.7 Å². The molecule has 0 bridgehead atoms. The first-order valence-electron chi connectivity index (χ1n) is 11.3. The molecule has 0 aliphatic carbocycles. The molecular formula is C25H30F2N8O. The average Bonchev–Trinajstić information content (AvgIpc) is 3.59. The van der Waals surface area contributed by atoms with Crippen molar-refractivity contribution in [2.75, 3.05) is 6.54 Å². The highest BCUT2D eigenvalue weighted by Crippen LogP contribution is 2.36. The van der Waals surface area contributed by atoms with Crippen molar-refractivity contribution in [3.05, 3.63) is 54.2 Å². The number of ether oxygens (including phenoxy) is 1. The van der Waals surface area contributed by atoms with Crippen molar-refractivity contribution in [2.24, 2.45) is 0 Å². The molecule has 1 aromatic carbocycles. The summed E-state index contributed by atoms with van der Waals surface area (Å²) in [6.07, 6.45) is 6.84. The van der Waals surface area contributed by atoms with Crippen LogP contribution in [0.4, 0.5) is 8.78 Å². The standard InChI is InChI=1S/C18H16F2N6O.C6H10N2.CH4/c1-10-16(24-25-23-10)12-7-14-17(26(9-22-14)18(19)20)15(8-12)27-11(2)13-5-3-4-6-21-13;1-6-3-2-4-8(6)5-7;/h3-9,11,18H,1-2H3,(H,23,24,25);6H,2-4H2,1H3;1H4/t11-;6-;/m11./s1. The number of fused-ring (bicyclic) bond motifs is 1. The largest absolute Gasteiger partial charge is 0.482 e. The van der Waals surface area contributed by atoms with E-state index in [1.165, 1.54) is 12.8 Å². The number of nitriles is 1. The van der Waals surface area contributed by atoms with Crippen LogP contribution in [0, 0.1) is 18.4 Å². The summed E-state index contributed by atoms with van der Waals surface area (Å²) in [6.45, 7) is 3.94. The number of aryl methyl sites for hydroxylation is 1. The third-order valence-corrected chi connectivity index (χ3v) is 5.93. The minimum absolute atomic E-state index is 0. The molecule has 0 saturated carbocycles. The zero-order valence-corrected chi connectivity index (χ0v) is 19.7. The summed E-state index contributed by atoms with van der Waals surface area (Å²) in [6, 6.07) is 9.33. The molecule has 190 valence electrons. The number of nitrogens with zero attached hydrogens (tertiary/aromatic N) is 7. The third-order valence-electron chi connectivity index (χ3n) is 5.93. The van der Waals surface area contributed by atoms with Crippen LogP contribution >= 0.6 is 0 Å². The average molecular weight is 497 g/mol. The second kappa shape index (κ2) is 11.6. The Labute approximate surface area is 208 Å². The van der Waals surface area contributed by atoms with E-state index in [0.29, 0.717) is 34.2 Å². The molecule has 0 amide bonds. The monoisotopic (exact) mass is 496 g/mol. The van der Waals surface area contributed by atoms with E-state index >= 15 is 0 Å². The maximum Gasteiger partial charge on any atom is 0.320 e. The number of H-pyrrole nitrogens is 1. The van der Waals surface area contributed by atoms with Gasteiger partial charge in [-0.15, -0.1) is 0 Å². The number of benzene rings is 1. The molecule has 4 heterocycles. The molecule has 0 spiro atoms. The number of hydrogen-bond acceptors (Lipinski definition) is 7. The van der Waals surface area contributed by atoms with Gasteiger partial charge in [-0.3, -0.25) is 9.55 Å². The summed E-state index contributed by atoms with van der Waals surface area (Å²) >= 11 is 0. The van der Waals surface area contributed by atoms with Crippen LogP contribution in [-0.2, 0) is 0 Å². The number of rotatable bonds is 5. The molecule has 1 saturated heterocycles. The molecule has 36 heavy (non-hydrogen) atoms. The summed E-state index contributed by atoms with van der Waals surface area (Å²) < 4.78 is 33.7. The van der Waals surface area contributed by atoms with Crippen molar-refractivity contribution >= 4 is 11.0 Å². The Bertz CT molecular complexity index is 1310. The molecule has 1 aliphatic heterocycles. The molecule has 1 aliphatic rings. The minimum atomic E-state index is -2.73. The lowest BCUT2D eigenvalue weighted by Crippen LogP contribution is -2.20. The summed E-state index contributed by atoms with van der Waals surface area (Å²) in [5.41, 5.74) is 3.27. The lowest BCUT2D eigenvalue weighted by Gasteiger charge is -2.17. The highest BCUT2D eigenvalue weighted by molar-refractivity contribution is 5.87. The van der Waals surface area contributed by atoms with Crippen LogP contribution in [0.5, 0.6) is 5.75 Å². The van der Waals surface area contributed by atoms with Crippen molar-refractivity contribution in [3.63, 3.8) is 0 Å². The van der Waals surface area contributed by atoms with Gasteiger partial charge in [-0.1, -0.05) is 13.5 Å². The Morgan fingerprint density at radius 2 is 2.03 bits per heavy atom. The number of hydrogen-bond donors (Lipinski definition) is 1. The zero-order valence-electron chi connectivity index (χ0n) is 19.7. The molecular weight excluding hydrogens is 466 g/mol. The zero-order chi connectivity index (χ0) is 24.9. The summed E-state index contributed by atoms with van der Waals surface area (Å²) in [7, 11) is 0. The van der Waals surface area contributed by atoms with Gasteiger partial charge in [0.15, 0.2) is 6.19 Å². The molecule has 5 rings (SSSR count). The molecule has 0 radical (unpaired) electrons. The summed E-state index contributed by atoms with van der Waals surface area (Å²) in [5, 5.41) is 19.1. The van der Waals surface area contributed by atoms with Gasteiger partial charge in [-0.05, 0) is 57.9 Å². The molecule has 1 N–H and O–H groups in total.